The van der Waals surface area contributed by atoms with Gasteiger partial charge in [0.1, 0.15) is 6.61 Å². The molecule has 3 N–H and O–H groups in total. The number of carbonyl (C=O) groups excluding carboxylic acids is 2. The van der Waals surface area contributed by atoms with Crippen LogP contribution >= 0.6 is 7.82 Å². The summed E-state index contributed by atoms with van der Waals surface area (Å²) in [7, 11) is -4.38. The highest BCUT2D eigenvalue weighted by atomic mass is 31.2. The van der Waals surface area contributed by atoms with Gasteiger partial charge in [0.15, 0.2) is 6.10 Å². The first-order chi connectivity index (χ1) is 29.8. The number of hydrogen-bond acceptors (Lipinski definition) is 8. The van der Waals surface area contributed by atoms with Crippen molar-refractivity contribution < 1.29 is 37.6 Å². The Morgan fingerprint density at radius 3 is 1.20 bits per heavy atom. The van der Waals surface area contributed by atoms with Crippen LogP contribution in [-0.4, -0.2) is 49.3 Å². The van der Waals surface area contributed by atoms with E-state index in [-0.39, 0.29) is 38.6 Å². The molecule has 10 heteroatoms. The van der Waals surface area contributed by atoms with Crippen molar-refractivity contribution in [2.24, 2.45) is 5.73 Å². The molecule has 0 aliphatic carbocycles. The minimum atomic E-state index is -4.38. The van der Waals surface area contributed by atoms with Crippen LogP contribution in [0.3, 0.4) is 0 Å². The number of hydrogen-bond donors (Lipinski definition) is 2. The van der Waals surface area contributed by atoms with E-state index in [0.29, 0.717) is 6.42 Å². The second-order valence-corrected chi connectivity index (χ2v) is 19.2. The largest absolute Gasteiger partial charge is 0.472 e. The molecule has 0 aliphatic rings. The van der Waals surface area contributed by atoms with Gasteiger partial charge in [-0.05, 0) is 38.5 Å². The van der Waals surface area contributed by atoms with Gasteiger partial charge in [-0.1, -0.05) is 231 Å². The number of unbranched alkanes of at least 4 members (excludes halogenated alkanes) is 35. The highest BCUT2D eigenvalue weighted by Crippen LogP contribution is 2.43. The molecule has 0 aromatic rings. The summed E-state index contributed by atoms with van der Waals surface area (Å²) in [6.45, 7) is 3.74. The molecule has 0 spiro atoms. The number of nitrogens with two attached hydrogens (primary N) is 1. The third-order valence-electron chi connectivity index (χ3n) is 11.7. The summed E-state index contributed by atoms with van der Waals surface area (Å²) in [5.74, 6) is -0.825. The quantitative estimate of drug-likeness (QED) is 0.0265. The zero-order valence-electron chi connectivity index (χ0n) is 40.2. The second kappa shape index (κ2) is 48.2. The van der Waals surface area contributed by atoms with Crippen molar-refractivity contribution in [1.82, 2.24) is 0 Å². The maximum atomic E-state index is 12.6. The molecule has 61 heavy (non-hydrogen) atoms. The summed E-state index contributed by atoms with van der Waals surface area (Å²) in [5, 5.41) is 0. The lowest BCUT2D eigenvalue weighted by Crippen LogP contribution is -2.29. The van der Waals surface area contributed by atoms with Crippen LogP contribution in [-0.2, 0) is 32.7 Å². The van der Waals surface area contributed by atoms with Gasteiger partial charge < -0.3 is 20.1 Å². The lowest BCUT2D eigenvalue weighted by molar-refractivity contribution is -0.161. The van der Waals surface area contributed by atoms with Crippen LogP contribution < -0.4 is 5.73 Å². The third-order valence-corrected chi connectivity index (χ3v) is 12.6. The molecule has 0 amide bonds. The molecule has 9 nitrogen and oxygen atoms in total. The fourth-order valence-corrected chi connectivity index (χ4v) is 8.52. The Balaban J connectivity index is 3.85. The molecule has 362 valence electrons. The fraction of sp³-hybridized carbons (Fsp3) is 0.922. The molecule has 0 saturated heterocycles. The summed E-state index contributed by atoms with van der Waals surface area (Å²) in [6.07, 6.45) is 52.8. The van der Waals surface area contributed by atoms with Gasteiger partial charge in [-0.25, -0.2) is 4.57 Å². The maximum absolute atomic E-state index is 12.6. The molecule has 0 rings (SSSR count). The van der Waals surface area contributed by atoms with Crippen molar-refractivity contribution in [3.63, 3.8) is 0 Å². The summed E-state index contributed by atoms with van der Waals surface area (Å²) in [6, 6.07) is 0. The van der Waals surface area contributed by atoms with E-state index in [4.69, 9.17) is 24.3 Å². The van der Waals surface area contributed by atoms with Crippen molar-refractivity contribution in [2.75, 3.05) is 26.4 Å². The van der Waals surface area contributed by atoms with Crippen LogP contribution in [0.5, 0.6) is 0 Å². The summed E-state index contributed by atoms with van der Waals surface area (Å²) < 4.78 is 32.8. The standard InChI is InChI=1S/C51H100NO8P/c1-3-5-7-9-11-13-15-17-18-19-20-21-22-23-24-25-26-27-28-29-30-31-32-34-35-37-39-41-43-50(53)57-47-49(48-59-61(55,56)58-46-45-52)60-51(54)44-42-40-38-36-33-16-14-12-10-8-6-4-2/h12,14,49H,3-11,13,15-48,52H2,1-2H3,(H,55,56)/b14-12-. The van der Waals surface area contributed by atoms with E-state index in [1.807, 2.05) is 0 Å². The SMILES string of the molecule is CCCCC/C=C\CCCCCCCC(=O)OC(COC(=O)CCCCCCCCCCCCCCCCCCCCCCCCCCCCCC)COP(=O)(O)OCCN. The minimum absolute atomic E-state index is 0.0549. The minimum Gasteiger partial charge on any atom is -0.462 e. The fourth-order valence-electron chi connectivity index (χ4n) is 7.75. The number of rotatable bonds is 50. The molecule has 0 aliphatic heterocycles. The zero-order chi connectivity index (χ0) is 44.6. The second-order valence-electron chi connectivity index (χ2n) is 17.8. The summed E-state index contributed by atoms with van der Waals surface area (Å²) in [5.41, 5.74) is 5.36. The molecule has 0 aromatic carbocycles. The van der Waals surface area contributed by atoms with E-state index in [1.54, 1.807) is 0 Å². The van der Waals surface area contributed by atoms with Crippen LogP contribution in [0.4, 0.5) is 0 Å². The van der Waals surface area contributed by atoms with Crippen LogP contribution in [0, 0.1) is 0 Å². The van der Waals surface area contributed by atoms with E-state index in [1.165, 1.54) is 180 Å². The Hall–Kier alpha value is -1.25. The van der Waals surface area contributed by atoms with Crippen molar-refractivity contribution in [3.05, 3.63) is 12.2 Å². The Labute approximate surface area is 377 Å². The first-order valence-corrected chi connectivity index (χ1v) is 27.7. The predicted molar refractivity (Wildman–Crippen MR) is 257 cm³/mol. The number of ether oxygens (including phenoxy) is 2. The van der Waals surface area contributed by atoms with Crippen molar-refractivity contribution in [3.8, 4) is 0 Å². The van der Waals surface area contributed by atoms with Crippen molar-refractivity contribution >= 4 is 19.8 Å². The smallest absolute Gasteiger partial charge is 0.462 e. The number of phosphoric ester groups is 1. The van der Waals surface area contributed by atoms with Gasteiger partial charge >= 0.3 is 19.8 Å². The third kappa shape index (κ3) is 48.1. The van der Waals surface area contributed by atoms with E-state index in [9.17, 15) is 19.0 Å². The van der Waals surface area contributed by atoms with E-state index in [2.05, 4.69) is 26.0 Å². The molecule has 0 fully saturated rings. The monoisotopic (exact) mass is 886 g/mol. The van der Waals surface area contributed by atoms with Gasteiger partial charge in [-0.3, -0.25) is 18.6 Å². The van der Waals surface area contributed by atoms with Gasteiger partial charge in [0, 0.05) is 19.4 Å². The zero-order valence-corrected chi connectivity index (χ0v) is 41.1. The van der Waals surface area contributed by atoms with Crippen LogP contribution in [0.2, 0.25) is 0 Å². The molecule has 0 bridgehead atoms. The van der Waals surface area contributed by atoms with E-state index >= 15 is 0 Å². The first-order valence-electron chi connectivity index (χ1n) is 26.2. The number of carbonyl (C=O) groups is 2. The van der Waals surface area contributed by atoms with E-state index in [0.717, 1.165) is 57.8 Å². The molecular weight excluding hydrogens is 786 g/mol. The summed E-state index contributed by atoms with van der Waals surface area (Å²) >= 11 is 0. The van der Waals surface area contributed by atoms with Gasteiger partial charge in [0.05, 0.1) is 13.2 Å². The highest BCUT2D eigenvalue weighted by molar-refractivity contribution is 7.47. The molecule has 0 radical (unpaired) electrons. The topological polar surface area (TPSA) is 134 Å². The van der Waals surface area contributed by atoms with E-state index < -0.39 is 26.5 Å². The van der Waals surface area contributed by atoms with Crippen molar-refractivity contribution in [2.45, 2.75) is 277 Å². The average Bonchev–Trinajstić information content (AvgIpc) is 3.25. The predicted octanol–water partition coefficient (Wildman–Crippen LogP) is 15.7. The van der Waals surface area contributed by atoms with Gasteiger partial charge in [-0.15, -0.1) is 0 Å². The number of esters is 2. The lowest BCUT2D eigenvalue weighted by Gasteiger charge is -2.19. The van der Waals surface area contributed by atoms with Crippen LogP contribution in [0.15, 0.2) is 12.2 Å². The Morgan fingerprint density at radius 2 is 0.803 bits per heavy atom. The first kappa shape index (κ1) is 59.8. The molecule has 2 atom stereocenters. The molecule has 2 unspecified atom stereocenters. The van der Waals surface area contributed by atoms with Gasteiger partial charge in [0.25, 0.3) is 0 Å². The normalized spacial score (nSPS) is 13.2. The molecule has 0 saturated carbocycles. The molecular formula is C51H100NO8P. The Morgan fingerprint density at radius 1 is 0.475 bits per heavy atom. The van der Waals surface area contributed by atoms with Crippen molar-refractivity contribution in [1.29, 1.82) is 0 Å². The van der Waals surface area contributed by atoms with Crippen LogP contribution in [0.25, 0.3) is 0 Å². The molecule has 0 heterocycles. The Bertz CT molecular complexity index is 1010. The Kier molecular flexibility index (Phi) is 47.2. The number of phosphoric acid groups is 1. The number of allylic oxidation sites excluding steroid dienone is 2. The maximum Gasteiger partial charge on any atom is 0.472 e. The van der Waals surface area contributed by atoms with Crippen LogP contribution in [0.1, 0.15) is 271 Å². The summed E-state index contributed by atoms with van der Waals surface area (Å²) in [4.78, 5) is 34.9. The molecule has 0 aromatic heterocycles. The highest BCUT2D eigenvalue weighted by Gasteiger charge is 2.26. The lowest BCUT2D eigenvalue weighted by atomic mass is 10.0. The average molecular weight is 886 g/mol. The van der Waals surface area contributed by atoms with Gasteiger partial charge in [0.2, 0.25) is 0 Å². The van der Waals surface area contributed by atoms with Gasteiger partial charge in [-0.2, -0.15) is 0 Å².